The van der Waals surface area contributed by atoms with Crippen LogP contribution in [0.1, 0.15) is 11.1 Å². The molecule has 2 nitrogen and oxygen atoms in total. The highest BCUT2D eigenvalue weighted by molar-refractivity contribution is 7.17. The molecule has 0 amide bonds. The van der Waals surface area contributed by atoms with Gasteiger partial charge in [-0.2, -0.15) is 5.26 Å². The van der Waals surface area contributed by atoms with Gasteiger partial charge in [0.15, 0.2) is 0 Å². The summed E-state index contributed by atoms with van der Waals surface area (Å²) >= 11 is 1.69. The molecule has 2 N–H and O–H groups in total. The molecule has 0 aliphatic rings. The zero-order chi connectivity index (χ0) is 10.1. The first kappa shape index (κ1) is 9.04. The fraction of sp³-hybridized carbons (Fsp3) is 0.182. The molecule has 1 aromatic carbocycles. The summed E-state index contributed by atoms with van der Waals surface area (Å²) in [6.07, 6.45) is 0.387. The molecular formula is C11H10N2S. The molecular weight excluding hydrogens is 192 g/mol. The Bertz CT molecular complexity index is 520. The van der Waals surface area contributed by atoms with Gasteiger partial charge in [-0.25, -0.2) is 0 Å². The highest BCUT2D eigenvalue weighted by Gasteiger charge is 2.07. The van der Waals surface area contributed by atoms with Gasteiger partial charge in [0.1, 0.15) is 0 Å². The van der Waals surface area contributed by atoms with Crippen LogP contribution in [0.25, 0.3) is 10.1 Å². The zero-order valence-corrected chi connectivity index (χ0v) is 8.69. The lowest BCUT2D eigenvalue weighted by atomic mass is 10.0. The first-order chi connectivity index (χ1) is 6.74. The number of hydrogen-bond donors (Lipinski definition) is 1. The van der Waals surface area contributed by atoms with Crippen LogP contribution in [0.5, 0.6) is 0 Å². The van der Waals surface area contributed by atoms with E-state index in [0.29, 0.717) is 6.42 Å². The van der Waals surface area contributed by atoms with E-state index in [4.69, 9.17) is 11.0 Å². The molecule has 0 bridgehead atoms. The third-order valence-electron chi connectivity index (χ3n) is 2.32. The van der Waals surface area contributed by atoms with Crippen molar-refractivity contribution in [1.82, 2.24) is 0 Å². The predicted octanol–water partition coefficient (Wildman–Crippen LogP) is 2.86. The average Bonchev–Trinajstić information content (AvgIpc) is 2.63. The van der Waals surface area contributed by atoms with E-state index < -0.39 is 0 Å². The van der Waals surface area contributed by atoms with Crippen molar-refractivity contribution in [3.8, 4) is 6.07 Å². The molecule has 2 rings (SSSR count). The fourth-order valence-electron chi connectivity index (χ4n) is 1.64. The molecule has 0 radical (unpaired) electrons. The Morgan fingerprint density at radius 1 is 1.57 bits per heavy atom. The van der Waals surface area contributed by atoms with Crippen molar-refractivity contribution >= 4 is 27.1 Å². The van der Waals surface area contributed by atoms with E-state index in [9.17, 15) is 0 Å². The van der Waals surface area contributed by atoms with Gasteiger partial charge in [-0.15, -0.1) is 11.3 Å². The number of rotatable bonds is 1. The van der Waals surface area contributed by atoms with Crippen molar-refractivity contribution in [2.24, 2.45) is 0 Å². The van der Waals surface area contributed by atoms with Gasteiger partial charge in [0.05, 0.1) is 12.5 Å². The lowest BCUT2D eigenvalue weighted by Gasteiger charge is -2.05. The Hall–Kier alpha value is -1.53. The summed E-state index contributed by atoms with van der Waals surface area (Å²) in [5.41, 5.74) is 8.88. The molecule has 0 atom stereocenters. The number of aryl methyl sites for hydroxylation is 1. The molecule has 1 heterocycles. The summed E-state index contributed by atoms with van der Waals surface area (Å²) in [6.45, 7) is 2.05. The number of nitrogens with zero attached hydrogens (tertiary/aromatic N) is 1. The lowest BCUT2D eigenvalue weighted by Crippen LogP contribution is -1.94. The quantitative estimate of drug-likeness (QED) is 0.723. The Balaban J connectivity index is 2.76. The van der Waals surface area contributed by atoms with Gasteiger partial charge in [-0.3, -0.25) is 0 Å². The molecule has 0 aliphatic carbocycles. The van der Waals surface area contributed by atoms with Gasteiger partial charge in [0, 0.05) is 15.8 Å². The number of nitrogens with two attached hydrogens (primary N) is 1. The molecule has 3 heteroatoms. The van der Waals surface area contributed by atoms with Crippen molar-refractivity contribution in [1.29, 1.82) is 5.26 Å². The zero-order valence-electron chi connectivity index (χ0n) is 7.87. The van der Waals surface area contributed by atoms with Gasteiger partial charge in [-0.1, -0.05) is 6.07 Å². The topological polar surface area (TPSA) is 49.8 Å². The Kier molecular flexibility index (Phi) is 2.14. The number of hydrogen-bond acceptors (Lipinski definition) is 3. The standard InChI is InChI=1S/C11H10N2S/c1-7-6-8(2-4-12)10(13)9-3-5-14-11(7)9/h3,5-6H,2,13H2,1H3. The Morgan fingerprint density at radius 3 is 3.07 bits per heavy atom. The third kappa shape index (κ3) is 1.24. The molecule has 0 aliphatic heterocycles. The second-order valence-corrected chi connectivity index (χ2v) is 4.18. The van der Waals surface area contributed by atoms with Crippen molar-refractivity contribution < 1.29 is 0 Å². The smallest absolute Gasteiger partial charge is 0.0670 e. The first-order valence-electron chi connectivity index (χ1n) is 4.36. The van der Waals surface area contributed by atoms with Gasteiger partial charge < -0.3 is 5.73 Å². The van der Waals surface area contributed by atoms with Crippen LogP contribution in [0.2, 0.25) is 0 Å². The largest absolute Gasteiger partial charge is 0.398 e. The van der Waals surface area contributed by atoms with Crippen LogP contribution in [0.4, 0.5) is 5.69 Å². The minimum atomic E-state index is 0.387. The van der Waals surface area contributed by atoms with Crippen LogP contribution < -0.4 is 5.73 Å². The van der Waals surface area contributed by atoms with E-state index >= 15 is 0 Å². The molecule has 14 heavy (non-hydrogen) atoms. The number of thiophene rings is 1. The van der Waals surface area contributed by atoms with E-state index in [1.54, 1.807) is 11.3 Å². The average molecular weight is 202 g/mol. The molecule has 1 aromatic heterocycles. The molecule has 2 aromatic rings. The normalized spacial score (nSPS) is 10.3. The molecule has 0 fully saturated rings. The maximum absolute atomic E-state index is 8.65. The van der Waals surface area contributed by atoms with E-state index in [2.05, 4.69) is 13.0 Å². The monoisotopic (exact) mass is 202 g/mol. The van der Waals surface area contributed by atoms with Gasteiger partial charge in [0.25, 0.3) is 0 Å². The fourth-order valence-corrected chi connectivity index (χ4v) is 2.53. The van der Waals surface area contributed by atoms with Crippen LogP contribution in [0.3, 0.4) is 0 Å². The van der Waals surface area contributed by atoms with Crippen LogP contribution in [0.15, 0.2) is 17.5 Å². The van der Waals surface area contributed by atoms with E-state index in [0.717, 1.165) is 16.6 Å². The van der Waals surface area contributed by atoms with Crippen LogP contribution in [0, 0.1) is 18.3 Å². The van der Waals surface area contributed by atoms with Gasteiger partial charge >= 0.3 is 0 Å². The van der Waals surface area contributed by atoms with Crippen molar-refractivity contribution in [2.75, 3.05) is 5.73 Å². The Labute approximate surface area is 86.6 Å². The minimum absolute atomic E-state index is 0.387. The van der Waals surface area contributed by atoms with Crippen molar-refractivity contribution in [2.45, 2.75) is 13.3 Å². The minimum Gasteiger partial charge on any atom is -0.398 e. The maximum atomic E-state index is 8.65. The van der Waals surface area contributed by atoms with Crippen LogP contribution in [-0.2, 0) is 6.42 Å². The van der Waals surface area contributed by atoms with E-state index in [1.807, 2.05) is 17.5 Å². The summed E-state index contributed by atoms with van der Waals surface area (Å²) in [4.78, 5) is 0. The number of nitrogen functional groups attached to an aromatic ring is 1. The first-order valence-corrected chi connectivity index (χ1v) is 5.24. The number of fused-ring (bicyclic) bond motifs is 1. The van der Waals surface area contributed by atoms with Crippen LogP contribution in [-0.4, -0.2) is 0 Å². The summed E-state index contributed by atoms with van der Waals surface area (Å²) in [7, 11) is 0. The second-order valence-electron chi connectivity index (χ2n) is 3.26. The van der Waals surface area contributed by atoms with E-state index in [-0.39, 0.29) is 0 Å². The molecule has 0 unspecified atom stereocenters. The summed E-state index contributed by atoms with van der Waals surface area (Å²) in [5.74, 6) is 0. The highest BCUT2D eigenvalue weighted by Crippen LogP contribution is 2.32. The molecule has 0 spiro atoms. The van der Waals surface area contributed by atoms with E-state index in [1.165, 1.54) is 10.3 Å². The van der Waals surface area contributed by atoms with Gasteiger partial charge in [0.2, 0.25) is 0 Å². The maximum Gasteiger partial charge on any atom is 0.0670 e. The number of benzene rings is 1. The molecule has 0 saturated heterocycles. The lowest BCUT2D eigenvalue weighted by molar-refractivity contribution is 1.26. The molecule has 0 saturated carbocycles. The summed E-state index contributed by atoms with van der Waals surface area (Å²) in [6, 6.07) is 6.16. The second kappa shape index (κ2) is 3.32. The summed E-state index contributed by atoms with van der Waals surface area (Å²) < 4.78 is 1.23. The Morgan fingerprint density at radius 2 is 2.36 bits per heavy atom. The summed E-state index contributed by atoms with van der Waals surface area (Å²) in [5, 5.41) is 11.8. The van der Waals surface area contributed by atoms with Gasteiger partial charge in [-0.05, 0) is 29.5 Å². The number of anilines is 1. The molecule has 70 valence electrons. The van der Waals surface area contributed by atoms with Crippen molar-refractivity contribution in [3.05, 3.63) is 28.6 Å². The van der Waals surface area contributed by atoms with Crippen LogP contribution >= 0.6 is 11.3 Å². The number of nitriles is 1. The third-order valence-corrected chi connectivity index (χ3v) is 3.37. The highest BCUT2D eigenvalue weighted by atomic mass is 32.1. The van der Waals surface area contributed by atoms with Crippen molar-refractivity contribution in [3.63, 3.8) is 0 Å². The SMILES string of the molecule is Cc1cc(CC#N)c(N)c2ccsc12. The predicted molar refractivity (Wildman–Crippen MR) is 60.3 cm³/mol.